The molecular weight excluding hydrogens is 543 g/mol. The van der Waals surface area contributed by atoms with Crippen LogP contribution in [0.15, 0.2) is 33.7 Å². The lowest BCUT2D eigenvalue weighted by Crippen LogP contribution is -2.68. The minimum Gasteiger partial charge on any atom is -0.476 e. The second kappa shape index (κ2) is 8.25. The number of aromatic nitrogens is 5. The van der Waals surface area contributed by atoms with Crippen molar-refractivity contribution in [1.29, 1.82) is 0 Å². The maximum Gasteiger partial charge on any atom is 0.356 e. The van der Waals surface area contributed by atoms with Gasteiger partial charge in [-0.25, -0.2) is 14.8 Å². The van der Waals surface area contributed by atoms with Gasteiger partial charge in [0.05, 0.1) is 27.9 Å². The number of rotatable bonds is 7. The van der Waals surface area contributed by atoms with E-state index in [4.69, 9.17) is 32.7 Å². The number of carboxylic acid groups (broad SMARTS) is 1. The van der Waals surface area contributed by atoms with Crippen molar-refractivity contribution < 1.29 is 14.4 Å². The van der Waals surface area contributed by atoms with Crippen LogP contribution in [0.3, 0.4) is 0 Å². The number of fused-ring (bicyclic) bond motifs is 1. The zero-order chi connectivity index (χ0) is 27.3. The first-order valence-electron chi connectivity index (χ1n) is 12.8. The lowest BCUT2D eigenvalue weighted by atomic mass is 9.34. The summed E-state index contributed by atoms with van der Waals surface area (Å²) in [4.78, 5) is 39.0. The number of nitrogens with one attached hydrogen (secondary N) is 1. The Kier molecular flexibility index (Phi) is 5.19. The highest BCUT2D eigenvalue weighted by Crippen LogP contribution is 2.73. The summed E-state index contributed by atoms with van der Waals surface area (Å²) in [6, 6.07) is 4.36. The molecule has 2 N–H and O–H groups in total. The zero-order valence-corrected chi connectivity index (χ0v) is 22.7. The molecule has 2 bridgehead atoms. The summed E-state index contributed by atoms with van der Waals surface area (Å²) in [5, 5.41) is 17.4. The summed E-state index contributed by atoms with van der Waals surface area (Å²) in [5.74, 6) is 0.743. The zero-order valence-electron chi connectivity index (χ0n) is 21.2. The molecule has 4 aliphatic rings. The van der Waals surface area contributed by atoms with Gasteiger partial charge in [0.1, 0.15) is 10.8 Å². The lowest BCUT2D eigenvalue weighted by Gasteiger charge is -2.68. The quantitative estimate of drug-likeness (QED) is 0.289. The first kappa shape index (κ1) is 24.5. The van der Waals surface area contributed by atoms with Crippen molar-refractivity contribution in [2.45, 2.75) is 68.7 Å². The van der Waals surface area contributed by atoms with E-state index in [2.05, 4.69) is 20.4 Å². The molecular formula is C27H24Cl2N6O4. The monoisotopic (exact) mass is 566 g/mol. The maximum atomic E-state index is 13.6. The predicted molar refractivity (Wildman–Crippen MR) is 143 cm³/mol. The standard InChI is InChI=1S/C27H24Cl2N6O4/c1-12-20(26-9-27(10-26,11-26)25-33-21(34-39-25)14-3-4-14)32-22-16(7-15(28)8-35(22)23(12)36)13(2)30-17-5-6-18(29)31-19(17)24(37)38/h5-8,13-14,30H,3-4,9-11H2,1-2H3,(H,37,38)/t13-,26?,27?/m1/s1. The highest BCUT2D eigenvalue weighted by atomic mass is 35.5. The molecule has 39 heavy (non-hydrogen) atoms. The van der Waals surface area contributed by atoms with E-state index >= 15 is 0 Å². The van der Waals surface area contributed by atoms with Crippen LogP contribution in [-0.2, 0) is 10.8 Å². The Balaban J connectivity index is 1.25. The molecule has 4 heterocycles. The fourth-order valence-electron chi connectivity index (χ4n) is 6.40. The van der Waals surface area contributed by atoms with Crippen molar-refractivity contribution in [1.82, 2.24) is 24.5 Å². The Morgan fingerprint density at radius 2 is 1.92 bits per heavy atom. The van der Waals surface area contributed by atoms with E-state index < -0.39 is 12.0 Å². The number of carbonyl (C=O) groups is 1. The lowest BCUT2D eigenvalue weighted by molar-refractivity contribution is -0.0921. The van der Waals surface area contributed by atoms with E-state index in [1.807, 2.05) is 13.8 Å². The van der Waals surface area contributed by atoms with E-state index in [1.54, 1.807) is 18.3 Å². The number of halogens is 2. The smallest absolute Gasteiger partial charge is 0.356 e. The molecule has 4 aromatic heterocycles. The number of pyridine rings is 2. The normalized spacial score (nSPS) is 24.2. The minimum absolute atomic E-state index is 0.0766. The van der Waals surface area contributed by atoms with Crippen LogP contribution in [-0.4, -0.2) is 35.6 Å². The molecule has 0 saturated heterocycles. The SMILES string of the molecule is Cc1c(C23CC(c4nc(C5CC5)no4)(C2)C3)nc2c([C@@H](C)Nc3ccc(Cl)nc3C(=O)O)cc(Cl)cn2c1=O. The third kappa shape index (κ3) is 3.68. The summed E-state index contributed by atoms with van der Waals surface area (Å²) >= 11 is 12.3. The predicted octanol–water partition coefficient (Wildman–Crippen LogP) is 5.21. The summed E-state index contributed by atoms with van der Waals surface area (Å²) in [7, 11) is 0. The van der Waals surface area contributed by atoms with Crippen LogP contribution in [0.2, 0.25) is 10.2 Å². The molecule has 12 heteroatoms. The van der Waals surface area contributed by atoms with Gasteiger partial charge in [-0.05, 0) is 64.2 Å². The van der Waals surface area contributed by atoms with E-state index in [0.29, 0.717) is 39.3 Å². The topological polar surface area (TPSA) is 136 Å². The van der Waals surface area contributed by atoms with E-state index in [1.165, 1.54) is 10.5 Å². The Morgan fingerprint density at radius 1 is 1.18 bits per heavy atom. The van der Waals surface area contributed by atoms with E-state index in [9.17, 15) is 14.7 Å². The van der Waals surface area contributed by atoms with E-state index in [0.717, 1.165) is 43.6 Å². The van der Waals surface area contributed by atoms with Gasteiger partial charge >= 0.3 is 5.97 Å². The highest BCUT2D eigenvalue weighted by molar-refractivity contribution is 6.30. The molecule has 1 atom stereocenters. The third-order valence-electron chi connectivity index (χ3n) is 8.42. The second-order valence-electron chi connectivity index (χ2n) is 11.2. The Labute approximate surface area is 232 Å². The van der Waals surface area contributed by atoms with Gasteiger partial charge in [-0.15, -0.1) is 0 Å². The minimum atomic E-state index is -1.21. The third-order valence-corrected chi connectivity index (χ3v) is 8.83. The Bertz CT molecular complexity index is 1740. The van der Waals surface area contributed by atoms with Crippen molar-refractivity contribution in [3.05, 3.63) is 79.2 Å². The van der Waals surface area contributed by atoms with Gasteiger partial charge in [0.15, 0.2) is 11.5 Å². The van der Waals surface area contributed by atoms with Crippen LogP contribution in [0, 0.1) is 6.92 Å². The number of anilines is 1. The van der Waals surface area contributed by atoms with Gasteiger partial charge in [-0.1, -0.05) is 28.4 Å². The van der Waals surface area contributed by atoms with Gasteiger partial charge in [0.25, 0.3) is 5.56 Å². The van der Waals surface area contributed by atoms with Gasteiger partial charge in [0, 0.05) is 28.7 Å². The Morgan fingerprint density at radius 3 is 2.62 bits per heavy atom. The number of aromatic carboxylic acids is 1. The number of hydrogen-bond donors (Lipinski definition) is 2. The molecule has 0 aromatic carbocycles. The number of nitrogens with zero attached hydrogens (tertiary/aromatic N) is 5. The fourth-order valence-corrected chi connectivity index (χ4v) is 6.77. The molecule has 0 aliphatic heterocycles. The highest BCUT2D eigenvalue weighted by Gasteiger charge is 2.73. The van der Waals surface area contributed by atoms with Crippen molar-refractivity contribution in [2.24, 2.45) is 0 Å². The summed E-state index contributed by atoms with van der Waals surface area (Å²) in [5.41, 5.74) is 2.06. The average molecular weight is 567 g/mol. The van der Waals surface area contributed by atoms with Crippen LogP contribution in [0.5, 0.6) is 0 Å². The van der Waals surface area contributed by atoms with Crippen molar-refractivity contribution in [3.8, 4) is 0 Å². The molecule has 4 fully saturated rings. The first-order chi connectivity index (χ1) is 18.6. The van der Waals surface area contributed by atoms with Crippen LogP contribution in [0.25, 0.3) is 5.65 Å². The Hall–Kier alpha value is -3.50. The first-order valence-corrected chi connectivity index (χ1v) is 13.6. The summed E-state index contributed by atoms with van der Waals surface area (Å²) < 4.78 is 7.11. The van der Waals surface area contributed by atoms with E-state index in [-0.39, 0.29) is 27.2 Å². The fraction of sp³-hybridized carbons (Fsp3) is 0.407. The second-order valence-corrected chi connectivity index (χ2v) is 12.0. The molecule has 4 aliphatic carbocycles. The summed E-state index contributed by atoms with van der Waals surface area (Å²) in [6.45, 7) is 3.66. The molecule has 0 amide bonds. The van der Waals surface area contributed by atoms with Crippen molar-refractivity contribution in [3.63, 3.8) is 0 Å². The molecule has 10 nitrogen and oxygen atoms in total. The van der Waals surface area contributed by atoms with Gasteiger partial charge in [0.2, 0.25) is 5.89 Å². The van der Waals surface area contributed by atoms with Crippen molar-refractivity contribution >= 4 is 40.5 Å². The molecule has 0 unspecified atom stereocenters. The van der Waals surface area contributed by atoms with Crippen LogP contribution < -0.4 is 10.9 Å². The van der Waals surface area contributed by atoms with Gasteiger partial charge in [-0.3, -0.25) is 9.20 Å². The maximum absolute atomic E-state index is 13.6. The van der Waals surface area contributed by atoms with Crippen molar-refractivity contribution in [2.75, 3.05) is 5.32 Å². The van der Waals surface area contributed by atoms with Gasteiger partial charge < -0.3 is 14.9 Å². The molecule has 0 radical (unpaired) electrons. The molecule has 4 aromatic rings. The summed E-state index contributed by atoms with van der Waals surface area (Å²) in [6.07, 6.45) is 6.23. The molecule has 8 rings (SSSR count). The van der Waals surface area contributed by atoms with Gasteiger partial charge in [-0.2, -0.15) is 4.98 Å². The van der Waals surface area contributed by atoms with Crippen LogP contribution >= 0.6 is 23.2 Å². The van der Waals surface area contributed by atoms with Crippen LogP contribution in [0.1, 0.15) is 90.0 Å². The largest absolute Gasteiger partial charge is 0.476 e. The molecule has 0 spiro atoms. The number of hydrogen-bond acceptors (Lipinski definition) is 8. The molecule has 4 saturated carbocycles. The molecule has 200 valence electrons. The van der Waals surface area contributed by atoms with Crippen LogP contribution in [0.4, 0.5) is 5.69 Å². The average Bonchev–Trinajstić information content (AvgIpc) is 3.59. The number of carboxylic acids is 1.